The van der Waals surface area contributed by atoms with Gasteiger partial charge in [0.05, 0.1) is 16.5 Å². The minimum absolute atomic E-state index is 0.0210. The van der Waals surface area contributed by atoms with Gasteiger partial charge in [-0.3, -0.25) is 24.0 Å². The number of hydrogen-bond donors (Lipinski definition) is 0. The Kier molecular flexibility index (Phi) is 6.08. The molecule has 3 aliphatic carbocycles. The van der Waals surface area contributed by atoms with E-state index >= 15 is 0 Å². The first-order valence-corrected chi connectivity index (χ1v) is 18.6. The zero-order valence-corrected chi connectivity index (χ0v) is 30.1. The summed E-state index contributed by atoms with van der Waals surface area (Å²) in [4.78, 5) is 72.0. The van der Waals surface area contributed by atoms with Gasteiger partial charge in [-0.05, 0) is 86.6 Å². The van der Waals surface area contributed by atoms with Crippen molar-refractivity contribution in [2.24, 2.45) is 45.8 Å². The van der Waals surface area contributed by atoms with Crippen LogP contribution in [-0.2, 0) is 33.8 Å². The average Bonchev–Trinajstić information content (AvgIpc) is 3.97. The number of carbonyl (C=O) groups is 5. The van der Waals surface area contributed by atoms with Crippen LogP contribution in [-0.4, -0.2) is 65.4 Å². The molecule has 278 valence electrons. The van der Waals surface area contributed by atoms with Crippen molar-refractivity contribution < 1.29 is 59.8 Å². The molecule has 0 radical (unpaired) electrons. The molecule has 1 saturated heterocycles. The van der Waals surface area contributed by atoms with Gasteiger partial charge in [-0.1, -0.05) is 73.5 Å². The molecular weight excluding hydrogens is 639 g/mol. The Bertz CT molecular complexity index is 2130. The van der Waals surface area contributed by atoms with Crippen LogP contribution in [0.5, 0.6) is 0 Å². The first-order chi connectivity index (χ1) is 30.4. The molecule has 8 nitrogen and oxygen atoms in total. The van der Waals surface area contributed by atoms with E-state index in [0.717, 1.165) is 12.8 Å². The van der Waals surface area contributed by atoms with Gasteiger partial charge in [0.15, 0.2) is 21.4 Å². The van der Waals surface area contributed by atoms with Crippen molar-refractivity contribution in [2.45, 2.75) is 163 Å². The lowest BCUT2D eigenvalue weighted by Gasteiger charge is -2.40. The maximum atomic E-state index is 15.0. The van der Waals surface area contributed by atoms with E-state index in [4.69, 9.17) is 27.4 Å². The Morgan fingerprint density at radius 1 is 1.02 bits per heavy atom. The number of amides is 1. The Morgan fingerprint density at radius 2 is 1.69 bits per heavy atom. The van der Waals surface area contributed by atoms with Crippen molar-refractivity contribution in [3.63, 3.8) is 0 Å². The molecule has 7 atom stereocenters. The Morgan fingerprint density at radius 3 is 2.29 bits per heavy atom. The summed E-state index contributed by atoms with van der Waals surface area (Å²) < 4.78 is 191. The normalized spacial score (nSPS) is 40.7. The first-order valence-electron chi connectivity index (χ1n) is 27.0. The van der Waals surface area contributed by atoms with Crippen molar-refractivity contribution in [3.05, 3.63) is 0 Å². The summed E-state index contributed by atoms with van der Waals surface area (Å²) in [6.45, 7) is -4.19. The lowest BCUT2D eigenvalue weighted by atomic mass is 9.70. The number of carbonyl (C=O) groups excluding carboxylic acids is 5. The molecule has 0 bridgehead atoms. The average molecular weight is 724 g/mol. The standard InChI is InChI=1S/C40H65NO7S/c1-10-11-15-27(35(45)32(44)20-26-16-17-26)21-31(43)34-33-30(39(33,8)9)24-41(34)36(46)29(37(2,3)4)22-28(42)23-40(18-13-12-14-19-40)25-49(47,48)38(5,6)7/h26-27,29-30,33-34H,10-25H2,1-9H3/t27-,29-,30+,33+,34-/m1/s1/i5D3,6D3,7D3,10D2,12D2,13D2,14D2,18D,19D2/t18?,27-,29-,30+,33+,34-,40?. The zero-order chi connectivity index (χ0) is 54.1. The van der Waals surface area contributed by atoms with Gasteiger partial charge in [0, 0.05) is 71.5 Å². The summed E-state index contributed by atoms with van der Waals surface area (Å²) in [5, 5.41) is 0. The van der Waals surface area contributed by atoms with Crippen LogP contribution in [0.2, 0.25) is 0 Å². The summed E-state index contributed by atoms with van der Waals surface area (Å²) >= 11 is 0. The number of Topliss-reactive ketones (excluding diaryl/α,β-unsaturated/α-hetero) is 4. The molecule has 2 unspecified atom stereocenters. The zero-order valence-electron chi connectivity index (χ0n) is 49.3. The molecule has 9 heteroatoms. The van der Waals surface area contributed by atoms with Crippen molar-refractivity contribution >= 4 is 38.9 Å². The predicted octanol–water partition coefficient (Wildman–Crippen LogP) is 7.35. The van der Waals surface area contributed by atoms with Crippen LogP contribution in [0.15, 0.2) is 0 Å². The molecule has 0 aromatic carbocycles. The molecule has 0 N–H and O–H groups in total. The third kappa shape index (κ3) is 9.13. The quantitative estimate of drug-likeness (QED) is 0.144. The highest BCUT2D eigenvalue weighted by Gasteiger charge is 2.69. The molecule has 4 aliphatic rings. The monoisotopic (exact) mass is 724 g/mol. The van der Waals surface area contributed by atoms with Crippen LogP contribution in [0.4, 0.5) is 0 Å². The van der Waals surface area contributed by atoms with Gasteiger partial charge < -0.3 is 4.90 Å². The number of sulfone groups is 1. The second-order valence-electron chi connectivity index (χ2n) is 16.2. The van der Waals surface area contributed by atoms with E-state index in [1.54, 1.807) is 0 Å². The summed E-state index contributed by atoms with van der Waals surface area (Å²) in [5.74, 6) is -10.4. The fourth-order valence-electron chi connectivity index (χ4n) is 7.49. The second-order valence-corrected chi connectivity index (χ2v) is 18.3. The number of ketones is 4. The molecule has 4 fully saturated rings. The summed E-state index contributed by atoms with van der Waals surface area (Å²) in [6, 6.07) is -1.24. The van der Waals surface area contributed by atoms with E-state index in [0.29, 0.717) is 0 Å². The lowest BCUT2D eigenvalue weighted by molar-refractivity contribution is -0.148. The number of nitrogens with zero attached hydrogens (tertiary/aromatic N) is 1. The molecule has 4 rings (SSSR count). The summed E-state index contributed by atoms with van der Waals surface area (Å²) in [6.07, 6.45) is -23.7. The van der Waals surface area contributed by atoms with Crippen LogP contribution in [0.25, 0.3) is 0 Å². The van der Waals surface area contributed by atoms with E-state index < -0.39 is 167 Å². The molecule has 0 aromatic heterocycles. The highest BCUT2D eigenvalue weighted by molar-refractivity contribution is 7.92. The molecule has 49 heavy (non-hydrogen) atoms. The van der Waals surface area contributed by atoms with Crippen LogP contribution in [0.3, 0.4) is 0 Å². The van der Waals surface area contributed by atoms with Crippen molar-refractivity contribution in [3.8, 4) is 0 Å². The SMILES string of the molecule is [2H]C1C([2H])([2H])C([2H])([2H])C([2H])([2H])C([2H])([2H])C1(CC(=O)C[C@H](C(=O)N1C[C@H]2[C@@H]([C@H]1C(=O)C[C@@H](CCC([2H])([2H])C)C(=O)C(=O)CC1CC1)C2(C)C)C(C)(C)C)CS(=O)(=O)C(C([2H])([2H])[2H])(C([2H])([2H])[2H])C([2H])([2H])[2H]. The van der Waals surface area contributed by atoms with Crippen LogP contribution in [0, 0.1) is 45.8 Å². The number of likely N-dealkylation sites (tertiary alicyclic amines) is 1. The first kappa shape index (κ1) is 20.4. The van der Waals surface area contributed by atoms with Gasteiger partial charge in [-0.15, -0.1) is 0 Å². The van der Waals surface area contributed by atoms with E-state index in [2.05, 4.69) is 0 Å². The summed E-state index contributed by atoms with van der Waals surface area (Å²) in [7, 11) is -6.59. The third-order valence-electron chi connectivity index (χ3n) is 10.8. The molecule has 1 aliphatic heterocycles. The molecule has 3 saturated carbocycles. The molecule has 1 amide bonds. The smallest absolute Gasteiger partial charge is 0.227 e. The van der Waals surface area contributed by atoms with Gasteiger partial charge in [0.2, 0.25) is 11.7 Å². The van der Waals surface area contributed by atoms with E-state index in [1.807, 2.05) is 13.8 Å². The van der Waals surface area contributed by atoms with Gasteiger partial charge in [-0.25, -0.2) is 8.42 Å². The highest BCUT2D eigenvalue weighted by Crippen LogP contribution is 2.65. The third-order valence-corrected chi connectivity index (χ3v) is 12.7. The Hall–Kier alpha value is -1.90. The summed E-state index contributed by atoms with van der Waals surface area (Å²) in [5.41, 5.74) is -5.63. The van der Waals surface area contributed by atoms with E-state index in [1.165, 1.54) is 32.6 Å². The van der Waals surface area contributed by atoms with Crippen molar-refractivity contribution in [1.29, 1.82) is 0 Å². The molecular formula is C40H65NO7S. The van der Waals surface area contributed by atoms with Gasteiger partial charge >= 0.3 is 0 Å². The largest absolute Gasteiger partial charge is 0.332 e. The minimum atomic E-state index is -6.59. The Labute approximate surface area is 324 Å². The van der Waals surface area contributed by atoms with E-state index in [9.17, 15) is 32.4 Å². The lowest BCUT2D eigenvalue weighted by Crippen LogP contribution is -2.51. The van der Waals surface area contributed by atoms with Gasteiger partial charge in [0.25, 0.3) is 0 Å². The van der Waals surface area contributed by atoms with Crippen molar-refractivity contribution in [2.75, 3.05) is 12.3 Å². The van der Waals surface area contributed by atoms with Gasteiger partial charge in [-0.2, -0.15) is 0 Å². The number of hydrogen-bond acceptors (Lipinski definition) is 7. The van der Waals surface area contributed by atoms with Gasteiger partial charge in [0.1, 0.15) is 5.78 Å². The highest BCUT2D eigenvalue weighted by atomic mass is 32.2. The number of fused-ring (bicyclic) bond motifs is 1. The molecule has 1 heterocycles. The molecule has 0 spiro atoms. The minimum Gasteiger partial charge on any atom is -0.332 e. The topological polar surface area (TPSA) is 123 Å². The second kappa shape index (κ2) is 14.6. The van der Waals surface area contributed by atoms with Crippen LogP contribution < -0.4 is 0 Å². The van der Waals surface area contributed by atoms with Crippen LogP contribution in [0.1, 0.15) is 179 Å². The van der Waals surface area contributed by atoms with E-state index in [-0.39, 0.29) is 37.6 Å². The van der Waals surface area contributed by atoms with Crippen LogP contribution >= 0.6 is 0 Å². The maximum absolute atomic E-state index is 15.0. The Balaban J connectivity index is 1.84. The molecule has 0 aromatic rings. The maximum Gasteiger partial charge on any atom is 0.227 e. The van der Waals surface area contributed by atoms with Crippen molar-refractivity contribution in [1.82, 2.24) is 4.90 Å². The predicted molar refractivity (Wildman–Crippen MR) is 192 cm³/mol. The number of piperidine rings is 1. The fraction of sp³-hybridized carbons (Fsp3) is 0.875. The fourth-order valence-corrected chi connectivity index (χ4v) is 8.64. The number of rotatable bonds is 17.